The Balaban J connectivity index is 1.98. The molecule has 0 bridgehead atoms. The molecule has 0 spiro atoms. The van der Waals surface area contributed by atoms with Crippen LogP contribution in [0.25, 0.3) is 10.9 Å². The highest BCUT2D eigenvalue weighted by atomic mass is 32.2. The molecule has 25 heavy (non-hydrogen) atoms. The standard InChI is InChI=1S/C17H22N4O2S2/c1-23-12-5-6-14-13(11-12)15(18-19-17(24)25-2)16(22)21(14)10-9-20-7-3-4-8-20/h5-6,11,22H,3-4,7-10H2,1-2H3. The zero-order chi connectivity index (χ0) is 17.8. The molecule has 6 nitrogen and oxygen atoms in total. The zero-order valence-electron chi connectivity index (χ0n) is 14.4. The molecule has 8 heteroatoms. The lowest BCUT2D eigenvalue weighted by Gasteiger charge is -2.15. The van der Waals surface area contributed by atoms with Crippen LogP contribution in [0.1, 0.15) is 12.8 Å². The van der Waals surface area contributed by atoms with Crippen LogP contribution in [0.15, 0.2) is 28.4 Å². The van der Waals surface area contributed by atoms with Gasteiger partial charge in [-0.05, 0) is 62.6 Å². The molecule has 1 aliphatic heterocycles. The largest absolute Gasteiger partial charge is 0.497 e. The Morgan fingerprint density at radius 1 is 1.32 bits per heavy atom. The predicted octanol–water partition coefficient (Wildman–Crippen LogP) is 4.18. The van der Waals surface area contributed by atoms with Crippen LogP contribution in [-0.2, 0) is 6.54 Å². The summed E-state index contributed by atoms with van der Waals surface area (Å²) in [6.07, 6.45) is 4.35. The van der Waals surface area contributed by atoms with E-state index in [0.717, 1.165) is 30.5 Å². The number of thioether (sulfide) groups is 1. The quantitative estimate of drug-likeness (QED) is 0.625. The van der Waals surface area contributed by atoms with Gasteiger partial charge in [-0.3, -0.25) is 0 Å². The topological polar surface area (TPSA) is 62.4 Å². The van der Waals surface area contributed by atoms with E-state index in [-0.39, 0.29) is 5.88 Å². The number of thiocarbonyl (C=S) groups is 1. The maximum absolute atomic E-state index is 10.7. The molecule has 1 aromatic heterocycles. The van der Waals surface area contributed by atoms with E-state index >= 15 is 0 Å². The molecule has 1 aromatic carbocycles. The van der Waals surface area contributed by atoms with Gasteiger partial charge < -0.3 is 19.3 Å². The summed E-state index contributed by atoms with van der Waals surface area (Å²) < 4.78 is 7.64. The van der Waals surface area contributed by atoms with Crippen molar-refractivity contribution in [1.29, 1.82) is 0 Å². The first-order chi connectivity index (χ1) is 12.1. The summed E-state index contributed by atoms with van der Waals surface area (Å²) in [7, 11) is 1.62. The number of rotatable bonds is 5. The lowest BCUT2D eigenvalue weighted by molar-refractivity contribution is 0.313. The van der Waals surface area contributed by atoms with Crippen molar-refractivity contribution >= 4 is 44.9 Å². The smallest absolute Gasteiger partial charge is 0.220 e. The van der Waals surface area contributed by atoms with Gasteiger partial charge in [0.15, 0.2) is 10.0 Å². The number of aromatic hydroxyl groups is 1. The lowest BCUT2D eigenvalue weighted by Crippen LogP contribution is -2.23. The highest BCUT2D eigenvalue weighted by molar-refractivity contribution is 8.22. The SMILES string of the molecule is COc1ccc2c(c1)c(N=NC(=S)SC)c(O)n2CCN1CCCC1. The van der Waals surface area contributed by atoms with E-state index in [1.54, 1.807) is 7.11 Å². The number of benzene rings is 1. The van der Waals surface area contributed by atoms with Crippen molar-refractivity contribution in [2.24, 2.45) is 10.2 Å². The number of likely N-dealkylation sites (tertiary alicyclic amines) is 1. The van der Waals surface area contributed by atoms with Crippen LogP contribution in [0.4, 0.5) is 5.69 Å². The van der Waals surface area contributed by atoms with Gasteiger partial charge >= 0.3 is 0 Å². The fourth-order valence-electron chi connectivity index (χ4n) is 3.13. The summed E-state index contributed by atoms with van der Waals surface area (Å²) in [4.78, 5) is 2.42. The van der Waals surface area contributed by atoms with Gasteiger partial charge in [0.2, 0.25) is 5.88 Å². The van der Waals surface area contributed by atoms with Gasteiger partial charge in [-0.15, -0.1) is 10.2 Å². The number of methoxy groups -OCH3 is 1. The van der Waals surface area contributed by atoms with E-state index in [0.29, 0.717) is 22.3 Å². The summed E-state index contributed by atoms with van der Waals surface area (Å²) in [5, 5.41) is 19.8. The van der Waals surface area contributed by atoms with Crippen LogP contribution in [0.5, 0.6) is 11.6 Å². The average molecular weight is 379 g/mol. The normalized spacial score (nSPS) is 15.4. The summed E-state index contributed by atoms with van der Waals surface area (Å²) >= 11 is 6.43. The summed E-state index contributed by atoms with van der Waals surface area (Å²) in [5.74, 6) is 0.836. The van der Waals surface area contributed by atoms with E-state index in [1.165, 1.54) is 24.6 Å². The van der Waals surface area contributed by atoms with Crippen molar-refractivity contribution in [1.82, 2.24) is 9.47 Å². The zero-order valence-corrected chi connectivity index (χ0v) is 16.1. The van der Waals surface area contributed by atoms with Crippen molar-refractivity contribution in [2.75, 3.05) is 33.0 Å². The first-order valence-electron chi connectivity index (χ1n) is 8.25. The fraction of sp³-hybridized carbons (Fsp3) is 0.471. The number of aromatic nitrogens is 1. The minimum atomic E-state index is 0.120. The minimum Gasteiger partial charge on any atom is -0.497 e. The van der Waals surface area contributed by atoms with E-state index in [2.05, 4.69) is 15.1 Å². The first-order valence-corrected chi connectivity index (χ1v) is 9.88. The number of hydrogen-bond donors (Lipinski definition) is 1. The molecule has 1 fully saturated rings. The number of fused-ring (bicyclic) bond motifs is 1. The molecule has 0 amide bonds. The molecule has 3 rings (SSSR count). The fourth-order valence-corrected chi connectivity index (χ4v) is 3.30. The average Bonchev–Trinajstić information content (AvgIpc) is 3.23. The van der Waals surface area contributed by atoms with E-state index in [9.17, 15) is 5.11 Å². The Bertz CT molecular complexity index is 798. The number of hydrogen-bond acceptors (Lipinski definition) is 6. The van der Waals surface area contributed by atoms with E-state index in [1.807, 2.05) is 29.0 Å². The highest BCUT2D eigenvalue weighted by Gasteiger charge is 2.19. The van der Waals surface area contributed by atoms with Crippen molar-refractivity contribution in [3.8, 4) is 11.6 Å². The van der Waals surface area contributed by atoms with Crippen LogP contribution in [0.3, 0.4) is 0 Å². The third-order valence-corrected chi connectivity index (χ3v) is 5.47. The predicted molar refractivity (Wildman–Crippen MR) is 106 cm³/mol. The third kappa shape index (κ3) is 3.96. The number of azo groups is 1. The molecule has 0 atom stereocenters. The minimum absolute atomic E-state index is 0.120. The highest BCUT2D eigenvalue weighted by Crippen LogP contribution is 2.40. The van der Waals surface area contributed by atoms with Gasteiger partial charge in [0.1, 0.15) is 5.75 Å². The Kier molecular flexibility index (Phi) is 5.93. The van der Waals surface area contributed by atoms with Crippen molar-refractivity contribution in [3.63, 3.8) is 0 Å². The van der Waals surface area contributed by atoms with Gasteiger partial charge in [0, 0.05) is 18.5 Å². The number of nitrogens with zero attached hydrogens (tertiary/aromatic N) is 4. The van der Waals surface area contributed by atoms with Crippen molar-refractivity contribution < 1.29 is 9.84 Å². The van der Waals surface area contributed by atoms with Crippen molar-refractivity contribution in [2.45, 2.75) is 19.4 Å². The second-order valence-corrected chi connectivity index (χ2v) is 7.37. The monoisotopic (exact) mass is 378 g/mol. The molecule has 0 unspecified atom stereocenters. The van der Waals surface area contributed by atoms with E-state index in [4.69, 9.17) is 17.0 Å². The van der Waals surface area contributed by atoms with Crippen LogP contribution in [0, 0.1) is 0 Å². The van der Waals surface area contributed by atoms with Crippen LogP contribution >= 0.6 is 24.0 Å². The molecule has 134 valence electrons. The Labute approximate surface area is 156 Å². The summed E-state index contributed by atoms with van der Waals surface area (Å²) in [6, 6.07) is 5.71. The van der Waals surface area contributed by atoms with Crippen molar-refractivity contribution in [3.05, 3.63) is 18.2 Å². The Morgan fingerprint density at radius 2 is 2.08 bits per heavy atom. The molecule has 2 heterocycles. The lowest BCUT2D eigenvalue weighted by atomic mass is 10.2. The van der Waals surface area contributed by atoms with Crippen LogP contribution in [-0.4, -0.2) is 51.9 Å². The molecule has 0 radical (unpaired) electrons. The van der Waals surface area contributed by atoms with Gasteiger partial charge in [0.25, 0.3) is 0 Å². The van der Waals surface area contributed by atoms with Gasteiger partial charge in [-0.1, -0.05) is 11.8 Å². The molecule has 1 N–H and O–H groups in total. The maximum atomic E-state index is 10.7. The Morgan fingerprint density at radius 3 is 2.76 bits per heavy atom. The third-order valence-electron chi connectivity index (χ3n) is 4.46. The van der Waals surface area contributed by atoms with E-state index < -0.39 is 0 Å². The molecular formula is C17H22N4O2S2. The molecule has 0 aliphatic carbocycles. The molecule has 0 saturated carbocycles. The Hall–Kier alpha value is -1.64. The van der Waals surface area contributed by atoms with Gasteiger partial charge in [0.05, 0.1) is 12.6 Å². The second-order valence-electron chi connectivity index (χ2n) is 5.93. The van der Waals surface area contributed by atoms with Crippen LogP contribution < -0.4 is 4.74 Å². The van der Waals surface area contributed by atoms with Crippen LogP contribution in [0.2, 0.25) is 0 Å². The summed E-state index contributed by atoms with van der Waals surface area (Å²) in [6.45, 7) is 3.87. The maximum Gasteiger partial charge on any atom is 0.220 e. The summed E-state index contributed by atoms with van der Waals surface area (Å²) in [5.41, 5.74) is 1.35. The molecule has 1 aliphatic rings. The first kappa shape index (κ1) is 18.2. The van der Waals surface area contributed by atoms with Gasteiger partial charge in [-0.2, -0.15) is 0 Å². The second kappa shape index (κ2) is 8.16. The van der Waals surface area contributed by atoms with Gasteiger partial charge in [-0.25, -0.2) is 0 Å². The number of ether oxygens (including phenoxy) is 1. The molecular weight excluding hydrogens is 356 g/mol. The molecule has 1 saturated heterocycles. The molecule has 2 aromatic rings.